The third-order valence-electron chi connectivity index (χ3n) is 5.56. The molecule has 0 saturated heterocycles. The molecule has 1 aliphatic rings. The molecule has 0 bridgehead atoms. The lowest BCUT2D eigenvalue weighted by Gasteiger charge is -2.20. The van der Waals surface area contributed by atoms with Crippen molar-refractivity contribution in [2.75, 3.05) is 5.32 Å². The number of rotatable bonds is 4. The van der Waals surface area contributed by atoms with Crippen LogP contribution in [0.2, 0.25) is 0 Å². The molecule has 4 aromatic rings. The highest BCUT2D eigenvalue weighted by atomic mass is 19.1. The van der Waals surface area contributed by atoms with Crippen LogP contribution in [-0.4, -0.2) is 19.6 Å². The lowest BCUT2D eigenvalue weighted by atomic mass is 9.96. The lowest BCUT2D eigenvalue weighted by molar-refractivity contribution is 0.628. The Hall–Kier alpha value is -3.28. The van der Waals surface area contributed by atoms with Gasteiger partial charge in [0.05, 0.1) is 5.69 Å². The maximum atomic E-state index is 13.4. The summed E-state index contributed by atoms with van der Waals surface area (Å²) < 4.78 is 15.4. The summed E-state index contributed by atoms with van der Waals surface area (Å²) in [5.41, 5.74) is 7.17. The standard InChI is InChI=1S/C23H22FN5/c1-15-21(17-6-8-18(24)9-7-17)23-27-20-5-3-2-4-19(20)22(29(23)28-15)26-14-16-10-12-25-13-11-16/h6-13,26H,2-5,14H2,1H3. The first-order chi connectivity index (χ1) is 14.2. The van der Waals surface area contributed by atoms with Crippen molar-refractivity contribution < 1.29 is 4.39 Å². The SMILES string of the molecule is Cc1nn2c(NCc3ccncc3)c3c(nc2c1-c1ccc(F)cc1)CCCC3. The number of hydrogen-bond acceptors (Lipinski definition) is 4. The van der Waals surface area contributed by atoms with Crippen LogP contribution < -0.4 is 5.32 Å². The Morgan fingerprint density at radius 2 is 1.79 bits per heavy atom. The lowest BCUT2D eigenvalue weighted by Crippen LogP contribution is -2.15. The van der Waals surface area contributed by atoms with Crippen LogP contribution in [0.4, 0.5) is 10.2 Å². The molecule has 0 saturated carbocycles. The monoisotopic (exact) mass is 387 g/mol. The zero-order chi connectivity index (χ0) is 19.8. The van der Waals surface area contributed by atoms with Crippen LogP contribution in [-0.2, 0) is 19.4 Å². The number of halogens is 1. The molecule has 1 N–H and O–H groups in total. The predicted octanol–water partition coefficient (Wildman–Crippen LogP) is 4.73. The molecule has 1 aromatic carbocycles. The molecule has 1 aliphatic carbocycles. The topological polar surface area (TPSA) is 55.1 Å². The fourth-order valence-electron chi connectivity index (χ4n) is 4.12. The van der Waals surface area contributed by atoms with Crippen molar-refractivity contribution in [3.63, 3.8) is 0 Å². The summed E-state index contributed by atoms with van der Waals surface area (Å²) >= 11 is 0. The summed E-state index contributed by atoms with van der Waals surface area (Å²) in [4.78, 5) is 9.10. The van der Waals surface area contributed by atoms with Gasteiger partial charge in [-0.15, -0.1) is 0 Å². The normalized spacial score (nSPS) is 13.4. The minimum Gasteiger partial charge on any atom is -0.366 e. The minimum atomic E-state index is -0.243. The van der Waals surface area contributed by atoms with Gasteiger partial charge >= 0.3 is 0 Å². The number of fused-ring (bicyclic) bond motifs is 2. The van der Waals surface area contributed by atoms with Crippen molar-refractivity contribution >= 4 is 11.5 Å². The van der Waals surface area contributed by atoms with Crippen LogP contribution >= 0.6 is 0 Å². The molecular weight excluding hydrogens is 365 g/mol. The Morgan fingerprint density at radius 3 is 2.59 bits per heavy atom. The van der Waals surface area contributed by atoms with E-state index in [0.717, 1.165) is 65.2 Å². The largest absolute Gasteiger partial charge is 0.366 e. The number of nitrogens with zero attached hydrogens (tertiary/aromatic N) is 4. The number of anilines is 1. The molecule has 5 rings (SSSR count). The van der Waals surface area contributed by atoms with Gasteiger partial charge in [0.15, 0.2) is 5.65 Å². The molecule has 0 radical (unpaired) electrons. The van der Waals surface area contributed by atoms with Crippen molar-refractivity contribution in [2.45, 2.75) is 39.2 Å². The van der Waals surface area contributed by atoms with Crippen molar-refractivity contribution in [1.29, 1.82) is 0 Å². The smallest absolute Gasteiger partial charge is 0.165 e. The maximum Gasteiger partial charge on any atom is 0.165 e. The van der Waals surface area contributed by atoms with Gasteiger partial charge in [0, 0.05) is 35.8 Å². The van der Waals surface area contributed by atoms with E-state index in [4.69, 9.17) is 10.1 Å². The van der Waals surface area contributed by atoms with Crippen LogP contribution in [0.5, 0.6) is 0 Å². The fraction of sp³-hybridized carbons (Fsp3) is 0.261. The number of aromatic nitrogens is 4. The first-order valence-electron chi connectivity index (χ1n) is 10.0. The van der Waals surface area contributed by atoms with Crippen molar-refractivity contribution in [3.05, 3.63) is 77.1 Å². The van der Waals surface area contributed by atoms with E-state index in [-0.39, 0.29) is 5.82 Å². The molecule has 0 spiro atoms. The Bertz CT molecular complexity index is 1170. The zero-order valence-corrected chi connectivity index (χ0v) is 16.3. The predicted molar refractivity (Wildman–Crippen MR) is 111 cm³/mol. The van der Waals surface area contributed by atoms with Crippen molar-refractivity contribution in [3.8, 4) is 11.1 Å². The van der Waals surface area contributed by atoms with E-state index in [2.05, 4.69) is 10.3 Å². The highest BCUT2D eigenvalue weighted by molar-refractivity contribution is 5.81. The molecule has 29 heavy (non-hydrogen) atoms. The summed E-state index contributed by atoms with van der Waals surface area (Å²) in [6.07, 6.45) is 7.90. The average Bonchev–Trinajstić information content (AvgIpc) is 3.08. The van der Waals surface area contributed by atoms with Gasteiger partial charge in [0.25, 0.3) is 0 Å². The molecule has 146 valence electrons. The number of benzene rings is 1. The maximum absolute atomic E-state index is 13.4. The van der Waals surface area contributed by atoms with Gasteiger partial charge in [0.2, 0.25) is 0 Å². The van der Waals surface area contributed by atoms with E-state index in [1.165, 1.54) is 17.7 Å². The van der Waals surface area contributed by atoms with Crippen LogP contribution in [0.3, 0.4) is 0 Å². The Labute approximate surface area is 168 Å². The van der Waals surface area contributed by atoms with Crippen LogP contribution in [0.15, 0.2) is 48.8 Å². The summed E-state index contributed by atoms with van der Waals surface area (Å²) in [7, 11) is 0. The first-order valence-corrected chi connectivity index (χ1v) is 10.0. The summed E-state index contributed by atoms with van der Waals surface area (Å²) in [6, 6.07) is 10.6. The molecule has 0 unspecified atom stereocenters. The van der Waals surface area contributed by atoms with Crippen molar-refractivity contribution in [2.24, 2.45) is 0 Å². The zero-order valence-electron chi connectivity index (χ0n) is 16.3. The molecule has 0 aliphatic heterocycles. The second-order valence-corrected chi connectivity index (χ2v) is 7.50. The summed E-state index contributed by atoms with van der Waals surface area (Å²) in [6.45, 7) is 2.68. The van der Waals surface area contributed by atoms with E-state index in [0.29, 0.717) is 6.54 Å². The van der Waals surface area contributed by atoms with E-state index < -0.39 is 0 Å². The van der Waals surface area contributed by atoms with Gasteiger partial charge in [-0.1, -0.05) is 12.1 Å². The van der Waals surface area contributed by atoms with E-state index in [9.17, 15) is 4.39 Å². The van der Waals surface area contributed by atoms with Gasteiger partial charge in [-0.2, -0.15) is 9.61 Å². The highest BCUT2D eigenvalue weighted by Gasteiger charge is 2.23. The second kappa shape index (κ2) is 7.28. The van der Waals surface area contributed by atoms with E-state index >= 15 is 0 Å². The summed E-state index contributed by atoms with van der Waals surface area (Å²) in [5, 5.41) is 8.42. The van der Waals surface area contributed by atoms with Crippen LogP contribution in [0.1, 0.15) is 35.4 Å². The molecular formula is C23H22FN5. The Morgan fingerprint density at radius 1 is 1.03 bits per heavy atom. The van der Waals surface area contributed by atoms with Gasteiger partial charge < -0.3 is 5.32 Å². The van der Waals surface area contributed by atoms with Crippen molar-refractivity contribution in [1.82, 2.24) is 19.6 Å². The number of nitrogens with one attached hydrogen (secondary N) is 1. The number of hydrogen-bond donors (Lipinski definition) is 1. The Kier molecular flexibility index (Phi) is 4.46. The number of pyridine rings is 1. The van der Waals surface area contributed by atoms with Gasteiger partial charge in [-0.3, -0.25) is 4.98 Å². The second-order valence-electron chi connectivity index (χ2n) is 7.50. The molecule has 6 heteroatoms. The van der Waals surface area contributed by atoms with E-state index in [1.54, 1.807) is 24.5 Å². The van der Waals surface area contributed by atoms with Gasteiger partial charge in [-0.25, -0.2) is 9.37 Å². The molecule has 3 heterocycles. The highest BCUT2D eigenvalue weighted by Crippen LogP contribution is 2.34. The molecule has 5 nitrogen and oxygen atoms in total. The molecule has 0 amide bonds. The third-order valence-corrected chi connectivity index (χ3v) is 5.56. The van der Waals surface area contributed by atoms with Gasteiger partial charge in [-0.05, 0) is 68.0 Å². The first kappa shape index (κ1) is 17.8. The number of aryl methyl sites for hydroxylation is 2. The quantitative estimate of drug-likeness (QED) is 0.550. The molecule has 0 fully saturated rings. The average molecular weight is 387 g/mol. The fourth-order valence-corrected chi connectivity index (χ4v) is 4.12. The molecule has 0 atom stereocenters. The minimum absolute atomic E-state index is 0.243. The Balaban J connectivity index is 1.66. The van der Waals surface area contributed by atoms with Gasteiger partial charge in [0.1, 0.15) is 11.6 Å². The van der Waals surface area contributed by atoms with Crippen LogP contribution in [0.25, 0.3) is 16.8 Å². The summed E-state index contributed by atoms with van der Waals surface area (Å²) in [5.74, 6) is 0.769. The van der Waals surface area contributed by atoms with E-state index in [1.807, 2.05) is 23.6 Å². The molecule has 3 aromatic heterocycles. The third kappa shape index (κ3) is 3.24. The van der Waals surface area contributed by atoms with Crippen LogP contribution in [0, 0.1) is 12.7 Å².